The van der Waals surface area contributed by atoms with Crippen LogP contribution in [0.4, 0.5) is 0 Å². The van der Waals surface area contributed by atoms with Gasteiger partial charge in [-0.25, -0.2) is 0 Å². The van der Waals surface area contributed by atoms with Crippen LogP contribution in [-0.4, -0.2) is 0 Å². The molecule has 6 aromatic rings. The molecule has 0 unspecified atom stereocenters. The average Bonchev–Trinajstić information content (AvgIpc) is 2.78. The van der Waals surface area contributed by atoms with Gasteiger partial charge in [-0.1, -0.05) is 96.5 Å². The molecule has 0 spiro atoms. The van der Waals surface area contributed by atoms with Crippen LogP contribution in [0.15, 0.2) is 103 Å². The van der Waals surface area contributed by atoms with Gasteiger partial charge in [0.05, 0.1) is 0 Å². The van der Waals surface area contributed by atoms with E-state index < -0.39 is 0 Å². The molecule has 136 valence electrons. The molecule has 0 saturated heterocycles. The van der Waals surface area contributed by atoms with Gasteiger partial charge in [0.25, 0.3) is 0 Å². The first kappa shape index (κ1) is 16.6. The highest BCUT2D eigenvalue weighted by atomic mass is 35.5. The largest absolute Gasteiger partial charge is 0.0843 e. The summed E-state index contributed by atoms with van der Waals surface area (Å²) in [6.45, 7) is 0. The molecule has 0 N–H and O–H groups in total. The summed E-state index contributed by atoms with van der Waals surface area (Å²) >= 11 is 6.13. The topological polar surface area (TPSA) is 0 Å². The molecule has 0 aromatic heterocycles. The van der Waals surface area contributed by atoms with Crippen molar-refractivity contribution < 1.29 is 0 Å². The van der Waals surface area contributed by atoms with E-state index in [1.807, 2.05) is 12.1 Å². The first-order valence-corrected chi connectivity index (χ1v) is 10.2. The summed E-state index contributed by atoms with van der Waals surface area (Å²) < 4.78 is 0. The highest BCUT2D eigenvalue weighted by Gasteiger charge is 2.12. The van der Waals surface area contributed by atoms with Crippen molar-refractivity contribution >= 4 is 54.7 Å². The Labute approximate surface area is 174 Å². The van der Waals surface area contributed by atoms with E-state index in [-0.39, 0.29) is 0 Å². The third-order valence-corrected chi connectivity index (χ3v) is 6.14. The van der Waals surface area contributed by atoms with E-state index in [1.54, 1.807) is 0 Å². The van der Waals surface area contributed by atoms with Crippen molar-refractivity contribution in [2.24, 2.45) is 0 Å². The lowest BCUT2D eigenvalue weighted by Gasteiger charge is -2.14. The molecule has 29 heavy (non-hydrogen) atoms. The van der Waals surface area contributed by atoms with Crippen LogP contribution >= 0.6 is 11.6 Å². The van der Waals surface area contributed by atoms with Crippen molar-refractivity contribution in [2.45, 2.75) is 0 Å². The summed E-state index contributed by atoms with van der Waals surface area (Å²) in [5.41, 5.74) is 2.43. The van der Waals surface area contributed by atoms with Crippen molar-refractivity contribution in [3.05, 3.63) is 108 Å². The molecule has 0 amide bonds. The summed E-state index contributed by atoms with van der Waals surface area (Å²) in [5, 5.41) is 11.1. The zero-order valence-corrected chi connectivity index (χ0v) is 16.4. The van der Waals surface area contributed by atoms with Gasteiger partial charge in [-0.2, -0.15) is 0 Å². The van der Waals surface area contributed by atoms with Gasteiger partial charge in [-0.05, 0) is 72.4 Å². The summed E-state index contributed by atoms with van der Waals surface area (Å²) in [7, 11) is 0. The van der Waals surface area contributed by atoms with Gasteiger partial charge in [0.1, 0.15) is 0 Å². The zero-order valence-electron chi connectivity index (χ0n) is 15.7. The minimum Gasteiger partial charge on any atom is -0.0843 e. The molecule has 0 atom stereocenters. The van der Waals surface area contributed by atoms with Gasteiger partial charge in [0.15, 0.2) is 0 Å². The van der Waals surface area contributed by atoms with Gasteiger partial charge >= 0.3 is 0 Å². The number of halogens is 1. The second-order valence-electron chi connectivity index (χ2n) is 7.53. The maximum atomic E-state index is 6.13. The molecule has 0 nitrogen and oxygen atoms in total. The van der Waals surface area contributed by atoms with Crippen LogP contribution in [0.1, 0.15) is 0 Å². The summed E-state index contributed by atoms with van der Waals surface area (Å²) in [6.07, 6.45) is 0. The standard InChI is InChI=1S/C28H17Cl/c29-22-15-13-19(14-16-22)26-17-21-12-11-20-10-9-18-5-1-2-6-23(18)27(20)28(21)25-8-4-3-7-24(25)26/h1-17H. The lowest BCUT2D eigenvalue weighted by Crippen LogP contribution is -1.87. The van der Waals surface area contributed by atoms with Crippen LogP contribution < -0.4 is 0 Å². The number of rotatable bonds is 1. The van der Waals surface area contributed by atoms with E-state index in [0.29, 0.717) is 0 Å². The Morgan fingerprint density at radius 1 is 0.448 bits per heavy atom. The minimum atomic E-state index is 0.760. The Kier molecular flexibility index (Phi) is 3.62. The van der Waals surface area contributed by atoms with Crippen LogP contribution in [0, 0.1) is 0 Å². The summed E-state index contributed by atoms with van der Waals surface area (Å²) in [5.74, 6) is 0. The van der Waals surface area contributed by atoms with Crippen molar-refractivity contribution in [1.82, 2.24) is 0 Å². The zero-order chi connectivity index (χ0) is 19.4. The third kappa shape index (κ3) is 2.53. The van der Waals surface area contributed by atoms with Crippen LogP contribution in [0.5, 0.6) is 0 Å². The van der Waals surface area contributed by atoms with E-state index in [2.05, 4.69) is 91.0 Å². The molecule has 6 rings (SSSR count). The molecule has 0 heterocycles. The molecule has 6 aromatic carbocycles. The lowest BCUT2D eigenvalue weighted by atomic mass is 9.89. The predicted molar refractivity (Wildman–Crippen MR) is 127 cm³/mol. The van der Waals surface area contributed by atoms with Crippen molar-refractivity contribution in [3.8, 4) is 11.1 Å². The molecule has 0 saturated carbocycles. The number of hydrogen-bond acceptors (Lipinski definition) is 0. The molecule has 0 aliphatic heterocycles. The number of benzene rings is 6. The SMILES string of the molecule is Clc1ccc(-c2cc3ccc4ccc5ccccc5c4c3c3ccccc23)cc1. The van der Waals surface area contributed by atoms with E-state index in [9.17, 15) is 0 Å². The molecular formula is C28H17Cl. The molecule has 0 fully saturated rings. The smallest absolute Gasteiger partial charge is 0.0406 e. The number of hydrogen-bond donors (Lipinski definition) is 0. The molecule has 0 aliphatic carbocycles. The predicted octanol–water partition coefficient (Wildman–Crippen LogP) is 8.62. The Bertz CT molecular complexity index is 1540. The van der Waals surface area contributed by atoms with Crippen LogP contribution in [0.3, 0.4) is 0 Å². The fourth-order valence-corrected chi connectivity index (χ4v) is 4.69. The van der Waals surface area contributed by atoms with Gasteiger partial charge in [-0.15, -0.1) is 0 Å². The van der Waals surface area contributed by atoms with Gasteiger partial charge in [-0.3, -0.25) is 0 Å². The Morgan fingerprint density at radius 3 is 1.83 bits per heavy atom. The first-order chi connectivity index (χ1) is 14.3. The second kappa shape index (κ2) is 6.34. The van der Waals surface area contributed by atoms with Crippen molar-refractivity contribution in [2.75, 3.05) is 0 Å². The van der Waals surface area contributed by atoms with Crippen molar-refractivity contribution in [1.29, 1.82) is 0 Å². The Morgan fingerprint density at radius 2 is 1.03 bits per heavy atom. The molecule has 1 heteroatoms. The van der Waals surface area contributed by atoms with E-state index in [4.69, 9.17) is 11.6 Å². The van der Waals surface area contributed by atoms with E-state index in [0.717, 1.165) is 5.02 Å². The van der Waals surface area contributed by atoms with Gasteiger partial charge in [0.2, 0.25) is 0 Å². The van der Waals surface area contributed by atoms with Gasteiger partial charge < -0.3 is 0 Å². The average molecular weight is 389 g/mol. The highest BCUT2D eigenvalue weighted by molar-refractivity contribution is 6.31. The lowest BCUT2D eigenvalue weighted by molar-refractivity contribution is 1.67. The molecular weight excluding hydrogens is 372 g/mol. The molecule has 0 aliphatic rings. The molecule has 0 radical (unpaired) electrons. The Balaban J connectivity index is 1.84. The van der Waals surface area contributed by atoms with Crippen molar-refractivity contribution in [3.63, 3.8) is 0 Å². The van der Waals surface area contributed by atoms with Gasteiger partial charge in [0, 0.05) is 5.02 Å². The minimum absolute atomic E-state index is 0.760. The quantitative estimate of drug-likeness (QED) is 0.247. The second-order valence-corrected chi connectivity index (χ2v) is 7.96. The third-order valence-electron chi connectivity index (χ3n) is 5.88. The normalized spacial score (nSPS) is 11.6. The maximum absolute atomic E-state index is 6.13. The van der Waals surface area contributed by atoms with Crippen LogP contribution in [0.25, 0.3) is 54.2 Å². The fourth-order valence-electron chi connectivity index (χ4n) is 4.56. The first-order valence-electron chi connectivity index (χ1n) is 9.81. The Hall–Kier alpha value is -3.35. The summed E-state index contributed by atoms with van der Waals surface area (Å²) in [6, 6.07) is 36.8. The highest BCUT2D eigenvalue weighted by Crippen LogP contribution is 2.40. The van der Waals surface area contributed by atoms with Crippen LogP contribution in [-0.2, 0) is 0 Å². The molecule has 0 bridgehead atoms. The monoisotopic (exact) mass is 388 g/mol. The summed E-state index contributed by atoms with van der Waals surface area (Å²) in [4.78, 5) is 0. The van der Waals surface area contributed by atoms with Crippen LogP contribution in [0.2, 0.25) is 5.02 Å². The van der Waals surface area contributed by atoms with E-state index in [1.165, 1.54) is 54.2 Å². The fraction of sp³-hybridized carbons (Fsp3) is 0. The van der Waals surface area contributed by atoms with E-state index >= 15 is 0 Å². The maximum Gasteiger partial charge on any atom is 0.0406 e. The number of fused-ring (bicyclic) bond motifs is 7.